The van der Waals surface area contributed by atoms with Crippen molar-refractivity contribution in [1.82, 2.24) is 4.90 Å². The van der Waals surface area contributed by atoms with Gasteiger partial charge in [-0.15, -0.1) is 0 Å². The molecule has 0 aliphatic rings. The van der Waals surface area contributed by atoms with Gasteiger partial charge in [-0.2, -0.15) is 0 Å². The highest BCUT2D eigenvalue weighted by molar-refractivity contribution is 4.81. The van der Waals surface area contributed by atoms with Crippen LogP contribution in [0, 0.1) is 12.5 Å². The van der Waals surface area contributed by atoms with E-state index in [1.165, 1.54) is 0 Å². The van der Waals surface area contributed by atoms with Gasteiger partial charge in [-0.25, -0.2) is 0 Å². The molecule has 0 aromatic heterocycles. The fourth-order valence-corrected chi connectivity index (χ4v) is 0.675. The summed E-state index contributed by atoms with van der Waals surface area (Å²) in [6.45, 7) is 4.63. The number of likely N-dealkylation sites (N-methyl/N-ethyl adjacent to an activating group) is 1. The van der Waals surface area contributed by atoms with Crippen LogP contribution in [0.25, 0.3) is 0 Å². The van der Waals surface area contributed by atoms with Crippen LogP contribution >= 0.6 is 0 Å². The third-order valence-corrected chi connectivity index (χ3v) is 1.36. The second-order valence-electron chi connectivity index (χ2n) is 2.93. The number of rotatable bonds is 3. The third-order valence-electron chi connectivity index (χ3n) is 1.36. The number of hydrogen-bond donors (Lipinski definition) is 0. The van der Waals surface area contributed by atoms with Crippen molar-refractivity contribution < 1.29 is 4.74 Å². The van der Waals surface area contributed by atoms with E-state index in [1.54, 1.807) is 19.1 Å². The molecule has 0 saturated carbocycles. The van der Waals surface area contributed by atoms with Gasteiger partial charge in [-0.1, -0.05) is 0 Å². The van der Waals surface area contributed by atoms with Crippen molar-refractivity contribution in [3.05, 3.63) is 6.42 Å². The number of nitrogens with zero attached hydrogens (tertiary/aromatic N) is 1. The standard InChI is InChI=1S/C8H14NO/c1-6-9(4)7-8(2,3)10-5/h7H2,2-5H3. The monoisotopic (exact) mass is 140 g/mol. The molecular weight excluding hydrogens is 126 g/mol. The van der Waals surface area contributed by atoms with E-state index >= 15 is 0 Å². The highest BCUT2D eigenvalue weighted by atomic mass is 16.5. The first kappa shape index (κ1) is 9.32. The van der Waals surface area contributed by atoms with Gasteiger partial charge in [0.1, 0.15) is 0 Å². The van der Waals surface area contributed by atoms with Crippen LogP contribution in [0.5, 0.6) is 0 Å². The minimum atomic E-state index is -0.192. The summed E-state index contributed by atoms with van der Waals surface area (Å²) in [4.78, 5) is 1.66. The maximum Gasteiger partial charge on any atom is 0.0803 e. The van der Waals surface area contributed by atoms with E-state index in [0.717, 1.165) is 0 Å². The topological polar surface area (TPSA) is 12.5 Å². The molecule has 0 aromatic carbocycles. The summed E-state index contributed by atoms with van der Waals surface area (Å²) in [5, 5.41) is 0. The Balaban J connectivity index is 3.79. The smallest absolute Gasteiger partial charge is 0.0803 e. The van der Waals surface area contributed by atoms with Crippen LogP contribution in [-0.4, -0.2) is 31.2 Å². The molecule has 0 spiro atoms. The van der Waals surface area contributed by atoms with Crippen molar-refractivity contribution in [3.8, 4) is 6.04 Å². The molecule has 0 fully saturated rings. The lowest BCUT2D eigenvalue weighted by atomic mass is 10.1. The van der Waals surface area contributed by atoms with Gasteiger partial charge in [-0.3, -0.25) is 0 Å². The van der Waals surface area contributed by atoms with Crippen LogP contribution in [0.15, 0.2) is 0 Å². The third kappa shape index (κ3) is 3.37. The predicted molar refractivity (Wildman–Crippen MR) is 40.8 cm³/mol. The van der Waals surface area contributed by atoms with E-state index in [0.29, 0.717) is 6.54 Å². The molecule has 0 N–H and O–H groups in total. The Morgan fingerprint density at radius 1 is 1.60 bits per heavy atom. The summed E-state index contributed by atoms with van der Waals surface area (Å²) in [6, 6.07) is 2.26. The molecule has 0 heterocycles. The van der Waals surface area contributed by atoms with Crippen LogP contribution < -0.4 is 0 Å². The van der Waals surface area contributed by atoms with Crippen LogP contribution in [0.2, 0.25) is 0 Å². The average Bonchev–Trinajstić information content (AvgIpc) is 1.87. The largest absolute Gasteiger partial charge is 0.377 e. The first-order valence-electron chi connectivity index (χ1n) is 3.20. The zero-order valence-corrected chi connectivity index (χ0v) is 7.06. The Morgan fingerprint density at radius 3 is 2.40 bits per heavy atom. The lowest BCUT2D eigenvalue weighted by molar-refractivity contribution is 0.00804. The fourth-order valence-electron chi connectivity index (χ4n) is 0.675. The fraction of sp³-hybridized carbons (Fsp3) is 0.750. The summed E-state index contributed by atoms with van der Waals surface area (Å²) in [6.07, 6.45) is 6.78. The van der Waals surface area contributed by atoms with Crippen molar-refractivity contribution in [3.63, 3.8) is 0 Å². The number of hydrogen-bond acceptors (Lipinski definition) is 2. The molecule has 2 nitrogen and oxygen atoms in total. The molecule has 0 unspecified atom stereocenters. The average molecular weight is 140 g/mol. The van der Waals surface area contributed by atoms with Gasteiger partial charge >= 0.3 is 0 Å². The molecule has 0 aliphatic carbocycles. The van der Waals surface area contributed by atoms with Crippen LogP contribution in [0.3, 0.4) is 0 Å². The van der Waals surface area contributed by atoms with Gasteiger partial charge in [0, 0.05) is 26.6 Å². The second kappa shape index (κ2) is 3.48. The van der Waals surface area contributed by atoms with Gasteiger partial charge < -0.3 is 9.64 Å². The van der Waals surface area contributed by atoms with Crippen LogP contribution in [-0.2, 0) is 4.74 Å². The quantitative estimate of drug-likeness (QED) is 0.426. The minimum Gasteiger partial charge on any atom is -0.377 e. The summed E-state index contributed by atoms with van der Waals surface area (Å²) in [5.41, 5.74) is -0.192. The van der Waals surface area contributed by atoms with Gasteiger partial charge in [0.05, 0.1) is 12.1 Å². The molecule has 1 radical (unpaired) electrons. The number of methoxy groups -OCH3 is 1. The first-order valence-corrected chi connectivity index (χ1v) is 3.20. The second-order valence-corrected chi connectivity index (χ2v) is 2.93. The first-order chi connectivity index (χ1) is 4.52. The molecule has 57 valence electrons. The number of ether oxygens (including phenoxy) is 1. The molecule has 10 heavy (non-hydrogen) atoms. The lowest BCUT2D eigenvalue weighted by Gasteiger charge is -2.26. The van der Waals surface area contributed by atoms with Gasteiger partial charge in [0.15, 0.2) is 0 Å². The minimum absolute atomic E-state index is 0.192. The molecule has 0 aromatic rings. The lowest BCUT2D eigenvalue weighted by Crippen LogP contribution is -2.35. The van der Waals surface area contributed by atoms with Gasteiger partial charge in [-0.05, 0) is 13.8 Å². The molecular formula is C8H14NO. The van der Waals surface area contributed by atoms with Crippen LogP contribution in [0.1, 0.15) is 13.8 Å². The van der Waals surface area contributed by atoms with E-state index in [-0.39, 0.29) is 5.60 Å². The molecule has 2 heteroatoms. The van der Waals surface area contributed by atoms with Crippen LogP contribution in [0.4, 0.5) is 0 Å². The SMILES string of the molecule is [C]#CN(C)CC(C)(C)OC. The Hall–Kier alpha value is -0.680. The predicted octanol–water partition coefficient (Wildman–Crippen LogP) is 0.890. The zero-order valence-electron chi connectivity index (χ0n) is 7.06. The van der Waals surface area contributed by atoms with E-state index < -0.39 is 0 Å². The van der Waals surface area contributed by atoms with E-state index in [2.05, 4.69) is 6.04 Å². The summed E-state index contributed by atoms with van der Waals surface area (Å²) in [7, 11) is 3.46. The maximum atomic E-state index is 6.78. The molecule has 0 bridgehead atoms. The van der Waals surface area contributed by atoms with Crippen molar-refractivity contribution >= 4 is 0 Å². The highest BCUT2D eigenvalue weighted by Crippen LogP contribution is 2.07. The molecule has 0 atom stereocenters. The normalized spacial score (nSPS) is 10.7. The summed E-state index contributed by atoms with van der Waals surface area (Å²) in [5.74, 6) is 0. The Morgan fingerprint density at radius 2 is 2.10 bits per heavy atom. The maximum absolute atomic E-state index is 6.78. The molecule has 0 saturated heterocycles. The Labute approximate surface area is 63.2 Å². The van der Waals surface area contributed by atoms with Gasteiger partial charge in [0.25, 0.3) is 0 Å². The van der Waals surface area contributed by atoms with Crippen molar-refractivity contribution in [2.45, 2.75) is 19.4 Å². The van der Waals surface area contributed by atoms with E-state index in [4.69, 9.17) is 11.2 Å². The highest BCUT2D eigenvalue weighted by Gasteiger charge is 2.17. The zero-order chi connectivity index (χ0) is 8.20. The molecule has 0 aliphatic heterocycles. The van der Waals surface area contributed by atoms with Crippen molar-refractivity contribution in [1.29, 1.82) is 0 Å². The van der Waals surface area contributed by atoms with Crippen molar-refractivity contribution in [2.75, 3.05) is 20.7 Å². The van der Waals surface area contributed by atoms with Crippen molar-refractivity contribution in [2.24, 2.45) is 0 Å². The van der Waals surface area contributed by atoms with E-state index in [9.17, 15) is 0 Å². The molecule has 0 rings (SSSR count). The summed E-state index contributed by atoms with van der Waals surface area (Å²) < 4.78 is 5.15. The van der Waals surface area contributed by atoms with E-state index in [1.807, 2.05) is 13.8 Å². The van der Waals surface area contributed by atoms with Gasteiger partial charge in [0.2, 0.25) is 0 Å². The summed E-state index contributed by atoms with van der Waals surface area (Å²) >= 11 is 0. The Kier molecular flexibility index (Phi) is 3.24. The molecule has 0 amide bonds. The Bertz CT molecular complexity index is 135.